The average molecular weight is 273 g/mol. The molecule has 1 heterocycles. The van der Waals surface area contributed by atoms with Crippen LogP contribution in [0, 0.1) is 5.92 Å². The minimum Gasteiger partial charge on any atom is -0.312 e. The maximum Gasteiger partial charge on any atom is 0.0172 e. The molecule has 1 aliphatic rings. The summed E-state index contributed by atoms with van der Waals surface area (Å²) in [7, 11) is 0. The van der Waals surface area contributed by atoms with E-state index in [1.54, 1.807) is 0 Å². The van der Waals surface area contributed by atoms with Gasteiger partial charge in [0.1, 0.15) is 0 Å². The van der Waals surface area contributed by atoms with E-state index in [1.807, 2.05) is 0 Å². The highest BCUT2D eigenvalue weighted by Gasteiger charge is 2.26. The Labute approximate surface area is 118 Å². The Hall–Kier alpha value is 0.270. The lowest BCUT2D eigenvalue weighted by Crippen LogP contribution is -2.49. The quantitative estimate of drug-likeness (QED) is 0.827. The van der Waals surface area contributed by atoms with Gasteiger partial charge in [-0.25, -0.2) is 0 Å². The molecule has 3 atom stereocenters. The normalized spacial score (nSPS) is 26.0. The van der Waals surface area contributed by atoms with Crippen molar-refractivity contribution in [2.75, 3.05) is 25.4 Å². The molecule has 3 heteroatoms. The van der Waals surface area contributed by atoms with E-state index < -0.39 is 0 Å². The molecule has 0 amide bonds. The van der Waals surface area contributed by atoms with Gasteiger partial charge in [-0.2, -0.15) is 11.8 Å². The van der Waals surface area contributed by atoms with Gasteiger partial charge in [-0.1, -0.05) is 13.8 Å². The number of thioether (sulfide) groups is 1. The molecule has 1 rings (SSSR count). The minimum absolute atomic E-state index is 0.234. The molecule has 0 radical (unpaired) electrons. The molecular weight excluding hydrogens is 240 g/mol. The number of nitrogens with one attached hydrogen (secondary N) is 1. The highest BCUT2D eigenvalue weighted by molar-refractivity contribution is 8.00. The van der Waals surface area contributed by atoms with Crippen LogP contribution in [0.2, 0.25) is 0 Å². The molecule has 0 saturated carbocycles. The molecule has 0 spiro atoms. The third-order valence-electron chi connectivity index (χ3n) is 3.98. The standard InChI is InChI=1S/C15H32N2S/c1-7-14-11-17(8-9-18-14)13(3)12(2)10-16-15(4,5)6/h12-14,16H,7-11H2,1-6H3. The highest BCUT2D eigenvalue weighted by atomic mass is 32.2. The summed E-state index contributed by atoms with van der Waals surface area (Å²) in [5, 5.41) is 4.49. The molecule has 1 aliphatic heterocycles. The summed E-state index contributed by atoms with van der Waals surface area (Å²) < 4.78 is 0. The fraction of sp³-hybridized carbons (Fsp3) is 1.00. The fourth-order valence-corrected chi connectivity index (χ4v) is 3.56. The molecule has 0 bridgehead atoms. The van der Waals surface area contributed by atoms with Gasteiger partial charge in [0, 0.05) is 35.7 Å². The summed E-state index contributed by atoms with van der Waals surface area (Å²) >= 11 is 2.16. The maximum atomic E-state index is 3.63. The Bertz CT molecular complexity index is 237. The zero-order valence-corrected chi connectivity index (χ0v) is 13.9. The van der Waals surface area contributed by atoms with Crippen molar-refractivity contribution in [2.24, 2.45) is 5.92 Å². The Morgan fingerprint density at radius 1 is 1.33 bits per heavy atom. The lowest BCUT2D eigenvalue weighted by atomic mass is 9.99. The second-order valence-corrected chi connectivity index (χ2v) is 8.15. The van der Waals surface area contributed by atoms with E-state index >= 15 is 0 Å². The van der Waals surface area contributed by atoms with Crippen LogP contribution in [0.25, 0.3) is 0 Å². The van der Waals surface area contributed by atoms with E-state index in [0.717, 1.165) is 11.8 Å². The van der Waals surface area contributed by atoms with Crippen molar-refractivity contribution in [3.63, 3.8) is 0 Å². The largest absolute Gasteiger partial charge is 0.312 e. The molecule has 2 nitrogen and oxygen atoms in total. The van der Waals surface area contributed by atoms with Crippen LogP contribution >= 0.6 is 11.8 Å². The Kier molecular flexibility index (Phi) is 6.49. The van der Waals surface area contributed by atoms with Crippen LogP contribution < -0.4 is 5.32 Å². The number of hydrogen-bond donors (Lipinski definition) is 1. The van der Waals surface area contributed by atoms with Crippen molar-refractivity contribution in [3.8, 4) is 0 Å². The predicted molar refractivity (Wildman–Crippen MR) is 84.5 cm³/mol. The van der Waals surface area contributed by atoms with Crippen LogP contribution in [0.4, 0.5) is 0 Å². The summed E-state index contributed by atoms with van der Waals surface area (Å²) in [6.07, 6.45) is 1.31. The van der Waals surface area contributed by atoms with E-state index in [-0.39, 0.29) is 5.54 Å². The molecular formula is C15H32N2S. The van der Waals surface area contributed by atoms with Crippen LogP contribution in [0.15, 0.2) is 0 Å². The topological polar surface area (TPSA) is 15.3 Å². The van der Waals surface area contributed by atoms with Crippen molar-refractivity contribution in [1.29, 1.82) is 0 Å². The highest BCUT2D eigenvalue weighted by Crippen LogP contribution is 2.24. The summed E-state index contributed by atoms with van der Waals surface area (Å²) in [6, 6.07) is 0.690. The van der Waals surface area contributed by atoms with Crippen molar-refractivity contribution in [2.45, 2.75) is 64.8 Å². The van der Waals surface area contributed by atoms with Gasteiger partial charge in [0.2, 0.25) is 0 Å². The minimum atomic E-state index is 0.234. The summed E-state index contributed by atoms with van der Waals surface area (Å²) in [5.74, 6) is 2.02. The molecule has 1 fully saturated rings. The van der Waals surface area contributed by atoms with Gasteiger partial charge in [-0.15, -0.1) is 0 Å². The Morgan fingerprint density at radius 2 is 2.00 bits per heavy atom. The molecule has 0 aromatic rings. The van der Waals surface area contributed by atoms with E-state index in [9.17, 15) is 0 Å². The van der Waals surface area contributed by atoms with Crippen LogP contribution in [-0.4, -0.2) is 47.1 Å². The van der Waals surface area contributed by atoms with Gasteiger partial charge in [0.05, 0.1) is 0 Å². The van der Waals surface area contributed by atoms with Crippen molar-refractivity contribution >= 4 is 11.8 Å². The van der Waals surface area contributed by atoms with E-state index in [0.29, 0.717) is 12.0 Å². The average Bonchev–Trinajstić information content (AvgIpc) is 2.34. The third-order valence-corrected chi connectivity index (χ3v) is 5.35. The third kappa shape index (κ3) is 5.50. The van der Waals surface area contributed by atoms with Crippen molar-refractivity contribution < 1.29 is 0 Å². The van der Waals surface area contributed by atoms with Gasteiger partial charge in [-0.3, -0.25) is 4.90 Å². The molecule has 1 saturated heterocycles. The molecule has 3 unspecified atom stereocenters. The smallest absolute Gasteiger partial charge is 0.0172 e. The molecule has 18 heavy (non-hydrogen) atoms. The first-order chi connectivity index (χ1) is 8.33. The van der Waals surface area contributed by atoms with E-state index in [1.165, 1.54) is 25.3 Å². The zero-order valence-electron chi connectivity index (χ0n) is 13.1. The predicted octanol–water partition coefficient (Wildman–Crippen LogP) is 3.23. The summed E-state index contributed by atoms with van der Waals surface area (Å²) in [4.78, 5) is 2.69. The van der Waals surface area contributed by atoms with Crippen LogP contribution in [-0.2, 0) is 0 Å². The first-order valence-electron chi connectivity index (χ1n) is 7.44. The molecule has 0 aromatic carbocycles. The number of nitrogens with zero attached hydrogens (tertiary/aromatic N) is 1. The van der Waals surface area contributed by atoms with Crippen LogP contribution in [0.5, 0.6) is 0 Å². The maximum absolute atomic E-state index is 3.63. The molecule has 108 valence electrons. The van der Waals surface area contributed by atoms with Gasteiger partial charge in [0.25, 0.3) is 0 Å². The van der Waals surface area contributed by atoms with Crippen molar-refractivity contribution in [1.82, 2.24) is 10.2 Å². The lowest BCUT2D eigenvalue weighted by Gasteiger charge is -2.39. The number of rotatable bonds is 5. The Balaban J connectivity index is 2.40. The summed E-state index contributed by atoms with van der Waals surface area (Å²) in [6.45, 7) is 17.5. The first-order valence-corrected chi connectivity index (χ1v) is 8.49. The lowest BCUT2D eigenvalue weighted by molar-refractivity contribution is 0.159. The van der Waals surface area contributed by atoms with E-state index in [2.05, 4.69) is 63.5 Å². The molecule has 0 aliphatic carbocycles. The second kappa shape index (κ2) is 7.16. The van der Waals surface area contributed by atoms with Gasteiger partial charge in [0.15, 0.2) is 0 Å². The second-order valence-electron chi connectivity index (χ2n) is 6.74. The van der Waals surface area contributed by atoms with Crippen LogP contribution in [0.1, 0.15) is 48.0 Å². The number of hydrogen-bond acceptors (Lipinski definition) is 3. The van der Waals surface area contributed by atoms with Gasteiger partial charge >= 0.3 is 0 Å². The summed E-state index contributed by atoms with van der Waals surface area (Å²) in [5.41, 5.74) is 0.234. The fourth-order valence-electron chi connectivity index (χ4n) is 2.36. The first kappa shape index (κ1) is 16.3. The molecule has 0 aromatic heterocycles. The molecule has 1 N–H and O–H groups in total. The zero-order chi connectivity index (χ0) is 13.8. The van der Waals surface area contributed by atoms with Crippen LogP contribution in [0.3, 0.4) is 0 Å². The van der Waals surface area contributed by atoms with E-state index in [4.69, 9.17) is 0 Å². The monoisotopic (exact) mass is 272 g/mol. The Morgan fingerprint density at radius 3 is 2.56 bits per heavy atom. The van der Waals surface area contributed by atoms with Gasteiger partial charge < -0.3 is 5.32 Å². The SMILES string of the molecule is CCC1CN(C(C)C(C)CNC(C)(C)C)CCS1. The van der Waals surface area contributed by atoms with Crippen molar-refractivity contribution in [3.05, 3.63) is 0 Å². The van der Waals surface area contributed by atoms with Gasteiger partial charge in [-0.05, 0) is 46.6 Å².